The molecule has 70 valence electrons. The molecule has 2 heteroatoms. The Morgan fingerprint density at radius 3 is 2.69 bits per heavy atom. The summed E-state index contributed by atoms with van der Waals surface area (Å²) in [6.45, 7) is 3.25. The minimum absolute atomic E-state index is 0.497. The molecule has 1 saturated heterocycles. The van der Waals surface area contributed by atoms with Crippen molar-refractivity contribution in [3.8, 4) is 0 Å². The van der Waals surface area contributed by atoms with Gasteiger partial charge in [0.2, 0.25) is 0 Å². The summed E-state index contributed by atoms with van der Waals surface area (Å²) in [6, 6.07) is 10.7. The molecule has 0 unspecified atom stereocenters. The fourth-order valence-electron chi connectivity index (χ4n) is 1.45. The van der Waals surface area contributed by atoms with Crippen LogP contribution in [0, 0.1) is 5.92 Å². The van der Waals surface area contributed by atoms with Gasteiger partial charge in [-0.25, -0.2) is 0 Å². The Morgan fingerprint density at radius 2 is 2.08 bits per heavy atom. The van der Waals surface area contributed by atoms with E-state index in [1.165, 1.54) is 10.9 Å². The van der Waals surface area contributed by atoms with Gasteiger partial charge in [-0.15, -0.1) is 0 Å². The van der Waals surface area contributed by atoms with Crippen molar-refractivity contribution in [2.45, 2.75) is 18.3 Å². The van der Waals surface area contributed by atoms with Crippen LogP contribution in [0.4, 0.5) is 0 Å². The van der Waals surface area contributed by atoms with Crippen molar-refractivity contribution < 1.29 is 4.74 Å². The first kappa shape index (κ1) is 9.26. The van der Waals surface area contributed by atoms with Gasteiger partial charge in [-0.3, -0.25) is 0 Å². The van der Waals surface area contributed by atoms with E-state index in [4.69, 9.17) is 4.74 Å². The van der Waals surface area contributed by atoms with Gasteiger partial charge in [-0.2, -0.15) is 0 Å². The topological polar surface area (TPSA) is 9.23 Å². The monoisotopic (exact) mass is 242 g/mol. The van der Waals surface area contributed by atoms with Crippen LogP contribution in [0.1, 0.15) is 13.3 Å². The average molecular weight is 241 g/mol. The molecule has 1 aliphatic heterocycles. The van der Waals surface area contributed by atoms with Crippen LogP contribution in [0.3, 0.4) is 0 Å². The molecule has 2 atom stereocenters. The molecule has 0 amide bonds. The second kappa shape index (κ2) is 4.28. The normalized spacial score (nSPS) is 27.8. The molecule has 1 fully saturated rings. The summed E-state index contributed by atoms with van der Waals surface area (Å²) in [5.74, 6) is 0.750. The predicted octanol–water partition coefficient (Wildman–Crippen LogP) is 1.40. The zero-order valence-corrected chi connectivity index (χ0v) is 9.49. The summed E-state index contributed by atoms with van der Waals surface area (Å²) >= 11 is 0.497. The van der Waals surface area contributed by atoms with Gasteiger partial charge >= 0.3 is 85.4 Å². The van der Waals surface area contributed by atoms with Crippen LogP contribution < -0.4 is 4.46 Å². The molecule has 1 aromatic carbocycles. The molecular weight excluding hydrogens is 227 g/mol. The van der Waals surface area contributed by atoms with E-state index in [0.717, 1.165) is 12.5 Å². The molecule has 1 heterocycles. The zero-order chi connectivity index (χ0) is 9.10. The second-order valence-corrected chi connectivity index (χ2v) is 5.89. The van der Waals surface area contributed by atoms with Gasteiger partial charge in [0, 0.05) is 0 Å². The molecule has 0 aliphatic carbocycles. The summed E-state index contributed by atoms with van der Waals surface area (Å²) < 4.78 is 7.15. The Labute approximate surface area is 85.6 Å². The molecule has 1 nitrogen and oxygen atoms in total. The van der Waals surface area contributed by atoms with Crippen LogP contribution in [-0.2, 0) is 4.74 Å². The van der Waals surface area contributed by atoms with Gasteiger partial charge in [0.05, 0.1) is 0 Å². The Morgan fingerprint density at radius 1 is 1.31 bits per heavy atom. The van der Waals surface area contributed by atoms with Gasteiger partial charge in [-0.1, -0.05) is 0 Å². The van der Waals surface area contributed by atoms with Crippen LogP contribution >= 0.6 is 0 Å². The predicted molar refractivity (Wildman–Crippen MR) is 55.4 cm³/mol. The summed E-state index contributed by atoms with van der Waals surface area (Å²) in [5, 5.41) is 0.509. The van der Waals surface area contributed by atoms with Crippen molar-refractivity contribution >= 4 is 19.4 Å². The van der Waals surface area contributed by atoms with Crippen LogP contribution in [0.15, 0.2) is 30.3 Å². The standard InChI is InChI=1S/C11H14OSe/c1-9-7-8-12-11(9)13-10-5-3-2-4-6-10/h2-6,9,11H,7-8H2,1H3/t9-,11-/m0/s1. The molecule has 2 rings (SSSR count). The van der Waals surface area contributed by atoms with E-state index < -0.39 is 0 Å². The van der Waals surface area contributed by atoms with E-state index in [9.17, 15) is 0 Å². The third-order valence-corrected chi connectivity index (χ3v) is 5.21. The number of rotatable bonds is 2. The van der Waals surface area contributed by atoms with E-state index in [0.29, 0.717) is 20.0 Å². The maximum atomic E-state index is 5.70. The van der Waals surface area contributed by atoms with Gasteiger partial charge in [-0.05, 0) is 0 Å². The van der Waals surface area contributed by atoms with Crippen molar-refractivity contribution in [2.75, 3.05) is 6.61 Å². The van der Waals surface area contributed by atoms with E-state index in [2.05, 4.69) is 37.3 Å². The Kier molecular flexibility index (Phi) is 3.05. The molecule has 0 saturated carbocycles. The van der Waals surface area contributed by atoms with E-state index in [-0.39, 0.29) is 0 Å². The van der Waals surface area contributed by atoms with Crippen LogP contribution in [0.2, 0.25) is 0 Å². The summed E-state index contributed by atoms with van der Waals surface area (Å²) in [7, 11) is 0. The maximum absolute atomic E-state index is 5.70. The van der Waals surface area contributed by atoms with Gasteiger partial charge < -0.3 is 0 Å². The fraction of sp³-hybridized carbons (Fsp3) is 0.455. The minimum atomic E-state index is 0.497. The Bertz CT molecular complexity index is 260. The van der Waals surface area contributed by atoms with Crippen molar-refractivity contribution in [1.29, 1.82) is 0 Å². The second-order valence-electron chi connectivity index (χ2n) is 3.44. The van der Waals surface area contributed by atoms with Crippen LogP contribution in [0.5, 0.6) is 0 Å². The first-order chi connectivity index (χ1) is 6.36. The van der Waals surface area contributed by atoms with E-state index in [1.807, 2.05) is 0 Å². The third kappa shape index (κ3) is 2.34. The molecule has 0 aromatic heterocycles. The number of hydrogen-bond donors (Lipinski definition) is 0. The van der Waals surface area contributed by atoms with E-state index >= 15 is 0 Å². The van der Waals surface area contributed by atoms with Gasteiger partial charge in [0.15, 0.2) is 0 Å². The Balaban J connectivity index is 1.98. The summed E-state index contributed by atoms with van der Waals surface area (Å²) in [6.07, 6.45) is 1.24. The number of ether oxygens (including phenoxy) is 1. The van der Waals surface area contributed by atoms with Gasteiger partial charge in [0.1, 0.15) is 0 Å². The van der Waals surface area contributed by atoms with Crippen LogP contribution in [-0.4, -0.2) is 26.6 Å². The number of hydrogen-bond acceptors (Lipinski definition) is 1. The first-order valence-electron chi connectivity index (χ1n) is 4.69. The third-order valence-electron chi connectivity index (χ3n) is 2.32. The quantitative estimate of drug-likeness (QED) is 0.711. The molecular formula is C11H14OSe. The van der Waals surface area contributed by atoms with Crippen molar-refractivity contribution in [2.24, 2.45) is 5.92 Å². The van der Waals surface area contributed by atoms with Crippen molar-refractivity contribution in [1.82, 2.24) is 0 Å². The SMILES string of the molecule is C[C@H]1CCO[C@H]1[Se]c1ccccc1. The molecule has 1 aliphatic rings. The van der Waals surface area contributed by atoms with Crippen molar-refractivity contribution in [3.63, 3.8) is 0 Å². The molecule has 1 aromatic rings. The van der Waals surface area contributed by atoms with Gasteiger partial charge in [0.25, 0.3) is 0 Å². The first-order valence-corrected chi connectivity index (χ1v) is 6.54. The van der Waals surface area contributed by atoms with E-state index in [1.54, 1.807) is 0 Å². The Hall–Kier alpha value is -0.301. The molecule has 0 N–H and O–H groups in total. The molecule has 0 bridgehead atoms. The van der Waals surface area contributed by atoms with Crippen LogP contribution in [0.25, 0.3) is 0 Å². The molecule has 13 heavy (non-hydrogen) atoms. The average Bonchev–Trinajstić information content (AvgIpc) is 2.54. The summed E-state index contributed by atoms with van der Waals surface area (Å²) in [4.78, 5) is 0. The number of benzene rings is 1. The molecule has 0 spiro atoms. The molecule has 0 radical (unpaired) electrons. The van der Waals surface area contributed by atoms with Crippen molar-refractivity contribution in [3.05, 3.63) is 30.3 Å². The summed E-state index contributed by atoms with van der Waals surface area (Å²) in [5.41, 5.74) is 0. The zero-order valence-electron chi connectivity index (χ0n) is 7.77. The fourth-order valence-corrected chi connectivity index (χ4v) is 3.79.